The number of likely N-dealkylation sites (N-methyl/N-ethyl adjacent to an activating group) is 1. The first-order valence-corrected chi connectivity index (χ1v) is 9.10. The fraction of sp³-hybridized carbons (Fsp3) is 0.389. The molecule has 0 fully saturated rings. The molecule has 126 valence electrons. The van der Waals surface area contributed by atoms with E-state index in [0.29, 0.717) is 0 Å². The van der Waals surface area contributed by atoms with Gasteiger partial charge in [-0.1, -0.05) is 25.1 Å². The van der Waals surface area contributed by atoms with Gasteiger partial charge in [-0.15, -0.1) is 11.3 Å². The van der Waals surface area contributed by atoms with Crippen LogP contribution in [-0.4, -0.2) is 31.0 Å². The summed E-state index contributed by atoms with van der Waals surface area (Å²) in [6.07, 6.45) is 0.687. The van der Waals surface area contributed by atoms with Crippen LogP contribution in [0.3, 0.4) is 0 Å². The quantitative estimate of drug-likeness (QED) is 0.900. The van der Waals surface area contributed by atoms with E-state index in [2.05, 4.69) is 22.5 Å². The van der Waals surface area contributed by atoms with Gasteiger partial charge in [-0.25, -0.2) is 0 Å². The molecule has 1 amide bonds. The summed E-state index contributed by atoms with van der Waals surface area (Å²) in [4.78, 5) is 16.5. The maximum atomic E-state index is 12.8. The van der Waals surface area contributed by atoms with Crippen molar-refractivity contribution in [2.24, 2.45) is 0 Å². The molecule has 2 aliphatic heterocycles. The average Bonchev–Trinajstić information content (AvgIpc) is 2.99. The highest BCUT2D eigenvalue weighted by Crippen LogP contribution is 2.41. The summed E-state index contributed by atoms with van der Waals surface area (Å²) in [7, 11) is 1.65. The fourth-order valence-electron chi connectivity index (χ4n) is 3.50. The van der Waals surface area contributed by atoms with Crippen molar-refractivity contribution in [1.29, 1.82) is 0 Å². The summed E-state index contributed by atoms with van der Waals surface area (Å²) >= 11 is 1.72. The van der Waals surface area contributed by atoms with Gasteiger partial charge in [0.25, 0.3) is 5.91 Å². The Morgan fingerprint density at radius 2 is 2.17 bits per heavy atom. The van der Waals surface area contributed by atoms with Gasteiger partial charge < -0.3 is 15.4 Å². The summed E-state index contributed by atoms with van der Waals surface area (Å²) in [6, 6.07) is 7.78. The van der Waals surface area contributed by atoms with Crippen LogP contribution in [0.5, 0.6) is 5.75 Å². The molecule has 0 saturated carbocycles. The van der Waals surface area contributed by atoms with E-state index >= 15 is 0 Å². The Morgan fingerprint density at radius 1 is 1.33 bits per heavy atom. The van der Waals surface area contributed by atoms with E-state index in [1.54, 1.807) is 18.4 Å². The van der Waals surface area contributed by atoms with E-state index in [4.69, 9.17) is 4.74 Å². The summed E-state index contributed by atoms with van der Waals surface area (Å²) in [6.45, 7) is 5.19. The van der Waals surface area contributed by atoms with E-state index in [1.807, 2.05) is 24.3 Å². The molecule has 2 aromatic rings. The van der Waals surface area contributed by atoms with E-state index < -0.39 is 0 Å². The number of nitrogens with one attached hydrogen (secondary N) is 2. The lowest BCUT2D eigenvalue weighted by Crippen LogP contribution is -2.39. The van der Waals surface area contributed by atoms with Crippen LogP contribution in [0.2, 0.25) is 0 Å². The van der Waals surface area contributed by atoms with Crippen LogP contribution >= 0.6 is 11.3 Å². The van der Waals surface area contributed by atoms with E-state index in [1.165, 1.54) is 10.4 Å². The zero-order chi connectivity index (χ0) is 16.7. The molecule has 6 heteroatoms. The van der Waals surface area contributed by atoms with Crippen LogP contribution in [0.15, 0.2) is 24.3 Å². The lowest BCUT2D eigenvalue weighted by Gasteiger charge is -2.28. The van der Waals surface area contributed by atoms with Gasteiger partial charge in [0, 0.05) is 23.5 Å². The van der Waals surface area contributed by atoms with Crippen LogP contribution < -0.4 is 15.4 Å². The summed E-state index contributed by atoms with van der Waals surface area (Å²) in [5.41, 5.74) is 3.01. The highest BCUT2D eigenvalue weighted by Gasteiger charge is 2.33. The SMILES string of the molecule is CCN1CCc2c(sc3c2C(=O)N[C@@H](c2ccccc2OC)N3)C1. The minimum Gasteiger partial charge on any atom is -0.496 e. The number of methoxy groups -OCH3 is 1. The molecule has 4 rings (SSSR count). The van der Waals surface area contributed by atoms with Gasteiger partial charge in [-0.2, -0.15) is 0 Å². The molecule has 1 aromatic carbocycles. The summed E-state index contributed by atoms with van der Waals surface area (Å²) in [5.74, 6) is 0.791. The van der Waals surface area contributed by atoms with Gasteiger partial charge in [-0.3, -0.25) is 9.69 Å². The van der Waals surface area contributed by atoms with Gasteiger partial charge >= 0.3 is 0 Å². The molecule has 0 bridgehead atoms. The number of amides is 1. The van der Waals surface area contributed by atoms with Crippen molar-refractivity contribution in [1.82, 2.24) is 10.2 Å². The molecule has 0 saturated heterocycles. The van der Waals surface area contributed by atoms with Crippen molar-refractivity contribution in [3.05, 3.63) is 45.8 Å². The van der Waals surface area contributed by atoms with Gasteiger partial charge in [0.2, 0.25) is 0 Å². The lowest BCUT2D eigenvalue weighted by atomic mass is 10.00. The molecule has 0 aliphatic carbocycles. The van der Waals surface area contributed by atoms with Crippen molar-refractivity contribution in [2.45, 2.75) is 26.1 Å². The topological polar surface area (TPSA) is 53.6 Å². The molecular formula is C18H21N3O2S. The zero-order valence-electron chi connectivity index (χ0n) is 13.9. The minimum atomic E-state index is -0.261. The Morgan fingerprint density at radius 3 is 2.96 bits per heavy atom. The fourth-order valence-corrected chi connectivity index (χ4v) is 4.81. The number of fused-ring (bicyclic) bond motifs is 3. The number of nitrogens with zero attached hydrogens (tertiary/aromatic N) is 1. The predicted octanol–water partition coefficient (Wildman–Crippen LogP) is 2.99. The number of hydrogen-bond acceptors (Lipinski definition) is 5. The third-order valence-electron chi connectivity index (χ3n) is 4.81. The predicted molar refractivity (Wildman–Crippen MR) is 95.8 cm³/mol. The number of rotatable bonds is 3. The van der Waals surface area contributed by atoms with Crippen LogP contribution in [0.4, 0.5) is 5.00 Å². The van der Waals surface area contributed by atoms with Crippen LogP contribution in [0.1, 0.15) is 39.5 Å². The molecular weight excluding hydrogens is 322 g/mol. The van der Waals surface area contributed by atoms with E-state index in [0.717, 1.165) is 47.9 Å². The number of anilines is 1. The first-order valence-electron chi connectivity index (χ1n) is 8.28. The Labute approximate surface area is 145 Å². The van der Waals surface area contributed by atoms with Crippen molar-refractivity contribution < 1.29 is 9.53 Å². The van der Waals surface area contributed by atoms with Gasteiger partial charge in [0.1, 0.15) is 16.9 Å². The molecule has 0 unspecified atom stereocenters. The zero-order valence-corrected chi connectivity index (χ0v) is 14.7. The van der Waals surface area contributed by atoms with Crippen molar-refractivity contribution >= 4 is 22.2 Å². The van der Waals surface area contributed by atoms with Crippen molar-refractivity contribution in [2.75, 3.05) is 25.5 Å². The molecule has 1 aromatic heterocycles. The third kappa shape index (κ3) is 2.46. The van der Waals surface area contributed by atoms with Gasteiger partial charge in [0.15, 0.2) is 0 Å². The van der Waals surface area contributed by atoms with Crippen LogP contribution in [-0.2, 0) is 13.0 Å². The monoisotopic (exact) mass is 343 g/mol. The second kappa shape index (κ2) is 6.11. The third-order valence-corrected chi connectivity index (χ3v) is 5.96. The highest BCUT2D eigenvalue weighted by atomic mass is 32.1. The highest BCUT2D eigenvalue weighted by molar-refractivity contribution is 7.16. The smallest absolute Gasteiger partial charge is 0.256 e. The molecule has 2 aliphatic rings. The standard InChI is InChI=1S/C18H21N3O2S/c1-3-21-9-8-12-14(10-21)24-18-15(12)17(22)19-16(20-18)11-6-4-5-7-13(11)23-2/h4-7,16,20H,3,8-10H2,1-2H3,(H,19,22)/t16-/m1/s1. The number of hydrogen-bond donors (Lipinski definition) is 2. The normalized spacial score (nSPS) is 19.9. The molecule has 1 atom stereocenters. The van der Waals surface area contributed by atoms with Gasteiger partial charge in [-0.05, 0) is 24.6 Å². The Kier molecular flexibility index (Phi) is 3.94. The molecule has 3 heterocycles. The molecule has 24 heavy (non-hydrogen) atoms. The van der Waals surface area contributed by atoms with Crippen molar-refractivity contribution in [3.63, 3.8) is 0 Å². The van der Waals surface area contributed by atoms with Crippen LogP contribution in [0, 0.1) is 0 Å². The lowest BCUT2D eigenvalue weighted by molar-refractivity contribution is 0.0934. The number of carbonyl (C=O) groups excluding carboxylic acids is 1. The second-order valence-electron chi connectivity index (χ2n) is 6.12. The first-order chi connectivity index (χ1) is 11.7. The number of benzene rings is 1. The first kappa shape index (κ1) is 15.5. The largest absolute Gasteiger partial charge is 0.496 e. The minimum absolute atomic E-state index is 0.0158. The van der Waals surface area contributed by atoms with Gasteiger partial charge in [0.05, 0.1) is 12.7 Å². The maximum Gasteiger partial charge on any atom is 0.256 e. The van der Waals surface area contributed by atoms with E-state index in [9.17, 15) is 4.79 Å². The Hall–Kier alpha value is -2.05. The van der Waals surface area contributed by atoms with Crippen molar-refractivity contribution in [3.8, 4) is 5.75 Å². The molecule has 0 radical (unpaired) electrons. The molecule has 2 N–H and O–H groups in total. The second-order valence-corrected chi connectivity index (χ2v) is 7.22. The maximum absolute atomic E-state index is 12.8. The number of thiophene rings is 1. The van der Waals surface area contributed by atoms with E-state index in [-0.39, 0.29) is 12.1 Å². The van der Waals surface area contributed by atoms with Crippen LogP contribution in [0.25, 0.3) is 0 Å². The molecule has 0 spiro atoms. The number of carbonyl (C=O) groups is 1. The Balaban J connectivity index is 1.69. The number of para-hydroxylation sites is 1. The number of ether oxygens (including phenoxy) is 1. The average molecular weight is 343 g/mol. The Bertz CT molecular complexity index is 787. The summed E-state index contributed by atoms with van der Waals surface area (Å²) in [5, 5.41) is 7.57. The summed E-state index contributed by atoms with van der Waals surface area (Å²) < 4.78 is 5.44. The molecule has 5 nitrogen and oxygen atoms in total.